The molecule has 3 atom stereocenters. The monoisotopic (exact) mass is 690 g/mol. The lowest BCUT2D eigenvalue weighted by molar-refractivity contribution is -0.150. The molecule has 0 unspecified atom stereocenters. The summed E-state index contributed by atoms with van der Waals surface area (Å²) in [6.07, 6.45) is 1.68. The number of oxime groups is 1. The van der Waals surface area contributed by atoms with E-state index in [1.165, 1.54) is 29.7 Å². The Kier molecular flexibility index (Phi) is 8.49. The molecule has 47 heavy (non-hydrogen) atoms. The fourth-order valence-electron chi connectivity index (χ4n) is 5.70. The van der Waals surface area contributed by atoms with Crippen LogP contribution in [-0.2, 0) is 30.5 Å². The maximum atomic E-state index is 13.4. The van der Waals surface area contributed by atoms with Gasteiger partial charge in [-0.3, -0.25) is 19.3 Å². The van der Waals surface area contributed by atoms with E-state index in [4.69, 9.17) is 19.3 Å². The zero-order chi connectivity index (χ0) is 33.6. The number of allylic oxidation sites excluding steroid dienone is 1. The number of thioether (sulfide) groups is 1. The van der Waals surface area contributed by atoms with Crippen LogP contribution in [0.5, 0.6) is 0 Å². The molecule has 0 bridgehead atoms. The van der Waals surface area contributed by atoms with E-state index in [9.17, 15) is 39.1 Å². The van der Waals surface area contributed by atoms with E-state index in [-0.39, 0.29) is 64.6 Å². The maximum Gasteiger partial charge on any atom is 0.519 e. The van der Waals surface area contributed by atoms with Gasteiger partial charge >= 0.3 is 17.9 Å². The molecular formula is C26H26N8O11S2. The highest BCUT2D eigenvalue weighted by atomic mass is 32.2. The molecule has 4 aliphatic rings. The quantitative estimate of drug-likeness (QED) is 0.0891. The third-order valence-corrected chi connectivity index (χ3v) is 9.83. The van der Waals surface area contributed by atoms with Gasteiger partial charge in [0.05, 0.1) is 6.04 Å². The number of hydrogen-bond donors (Lipinski definition) is 4. The zero-order valence-electron chi connectivity index (χ0n) is 24.4. The van der Waals surface area contributed by atoms with Gasteiger partial charge in [-0.25, -0.2) is 14.4 Å². The van der Waals surface area contributed by atoms with Crippen LogP contribution in [0, 0.1) is 6.92 Å². The smallest absolute Gasteiger partial charge is 0.477 e. The normalized spacial score (nSPS) is 23.8. The third-order valence-electron chi connectivity index (χ3n) is 7.99. The Morgan fingerprint density at radius 3 is 2.68 bits per heavy atom. The number of anilines is 1. The number of amides is 4. The van der Waals surface area contributed by atoms with Crippen molar-refractivity contribution in [3.63, 3.8) is 0 Å². The van der Waals surface area contributed by atoms with Gasteiger partial charge in [-0.2, -0.15) is 9.36 Å². The number of aryl methyl sites for hydroxylation is 1. The van der Waals surface area contributed by atoms with E-state index in [0.29, 0.717) is 31.5 Å². The molecular weight excluding hydrogens is 664 g/mol. The number of nitrogens with zero attached hydrogens (tertiary/aromatic N) is 6. The van der Waals surface area contributed by atoms with Gasteiger partial charge in [-0.15, -0.1) is 11.8 Å². The maximum absolute atomic E-state index is 13.4. The first-order valence-electron chi connectivity index (χ1n) is 14.0. The van der Waals surface area contributed by atoms with Crippen molar-refractivity contribution in [1.29, 1.82) is 0 Å². The van der Waals surface area contributed by atoms with Crippen molar-refractivity contribution in [1.82, 2.24) is 29.4 Å². The molecule has 0 aromatic carbocycles. The fraction of sp³-hybridized carbons (Fsp3) is 0.423. The van der Waals surface area contributed by atoms with E-state index in [0.717, 1.165) is 16.4 Å². The molecule has 2 aromatic rings. The Hall–Kier alpha value is -5.18. The van der Waals surface area contributed by atoms with E-state index < -0.39 is 46.8 Å². The van der Waals surface area contributed by atoms with Gasteiger partial charge in [0.15, 0.2) is 23.3 Å². The summed E-state index contributed by atoms with van der Waals surface area (Å²) in [7, 11) is 0. The second-order valence-corrected chi connectivity index (χ2v) is 12.6. The molecule has 19 nitrogen and oxygen atoms in total. The van der Waals surface area contributed by atoms with Crippen molar-refractivity contribution >= 4 is 63.9 Å². The number of hydrogen-bond acceptors (Lipinski definition) is 16. The average molecular weight is 691 g/mol. The summed E-state index contributed by atoms with van der Waals surface area (Å²) in [6.45, 7) is 2.14. The number of ether oxygens (including phenoxy) is 1. The van der Waals surface area contributed by atoms with Crippen molar-refractivity contribution in [2.75, 3.05) is 31.1 Å². The minimum Gasteiger partial charge on any atom is -0.477 e. The summed E-state index contributed by atoms with van der Waals surface area (Å²) in [6, 6.07) is -1.41. The van der Waals surface area contributed by atoms with Crippen LogP contribution >= 0.6 is 23.3 Å². The number of carbonyl (C=O) groups excluding carboxylic acids is 4. The molecule has 6 heterocycles. The Bertz CT molecular complexity index is 1830. The Morgan fingerprint density at radius 2 is 2.02 bits per heavy atom. The molecule has 4 amide bonds. The van der Waals surface area contributed by atoms with E-state index in [1.54, 1.807) is 4.90 Å². The number of likely N-dealkylation sites (tertiary alicyclic amines) is 2. The number of carboxylic acids is 1. The van der Waals surface area contributed by atoms with Gasteiger partial charge in [0, 0.05) is 42.5 Å². The van der Waals surface area contributed by atoms with Gasteiger partial charge in [-0.05, 0) is 31.4 Å². The van der Waals surface area contributed by atoms with Crippen LogP contribution in [-0.4, -0.2) is 113 Å². The lowest BCUT2D eigenvalue weighted by Crippen LogP contribution is -2.71. The summed E-state index contributed by atoms with van der Waals surface area (Å²) in [5.41, 5.74) is 5.29. The molecule has 21 heteroatoms. The highest BCUT2D eigenvalue weighted by molar-refractivity contribution is 8.00. The zero-order valence-corrected chi connectivity index (χ0v) is 26.0. The topological polar surface area (TPSA) is 264 Å². The van der Waals surface area contributed by atoms with Gasteiger partial charge in [0.2, 0.25) is 17.4 Å². The number of nitrogens with one attached hydrogen (secondary N) is 1. The van der Waals surface area contributed by atoms with Crippen LogP contribution in [0.15, 0.2) is 41.7 Å². The van der Waals surface area contributed by atoms with Crippen molar-refractivity contribution in [2.24, 2.45) is 5.16 Å². The van der Waals surface area contributed by atoms with Crippen LogP contribution in [0.3, 0.4) is 0 Å². The standard InChI is InChI=1S/C26H26N8O11S2/c1-10-14(45-26(41)44-10)8-43-25(40)32-4-3-13(7-32)33-5-2-11(20(33)36)6-12-9-46-22-16(21(37)34(22)17(12)23(38)39)28-19(35)15(30-42)18-29-24(27)47-31-18/h6,13,16,22,42H,2-5,7-9H2,1H3,(H,28,35)(H,38,39)(H2,27,29,31)/b11-6?,30-15-/t13-,16+,22+/m0/s1. The highest BCUT2D eigenvalue weighted by Crippen LogP contribution is 2.41. The molecule has 0 saturated carbocycles. The molecule has 3 fully saturated rings. The fourth-order valence-corrected chi connectivity index (χ4v) is 7.44. The minimum atomic E-state index is -1.38. The van der Waals surface area contributed by atoms with Crippen LogP contribution in [0.25, 0.3) is 0 Å². The van der Waals surface area contributed by atoms with E-state index >= 15 is 0 Å². The molecule has 0 radical (unpaired) electrons. The molecule has 0 aliphatic carbocycles. The molecule has 4 aliphatic heterocycles. The lowest BCUT2D eigenvalue weighted by atomic mass is 10.0. The van der Waals surface area contributed by atoms with E-state index in [2.05, 4.69) is 19.8 Å². The van der Waals surface area contributed by atoms with Gasteiger partial charge in [-0.1, -0.05) is 5.16 Å². The van der Waals surface area contributed by atoms with E-state index in [1.807, 2.05) is 0 Å². The number of β-lactam (4-membered cyclic amide) rings is 1. The molecule has 5 N–H and O–H groups in total. The van der Waals surface area contributed by atoms with Crippen LogP contribution in [0.1, 0.15) is 30.2 Å². The number of carboxylic acid groups (broad SMARTS) is 1. The first-order valence-corrected chi connectivity index (χ1v) is 15.8. The number of aliphatic carboxylic acids is 1. The van der Waals surface area contributed by atoms with Crippen molar-refractivity contribution in [2.45, 2.75) is 43.8 Å². The summed E-state index contributed by atoms with van der Waals surface area (Å²) >= 11 is 1.97. The minimum absolute atomic E-state index is 0.0324. The molecule has 3 saturated heterocycles. The number of fused-ring (bicyclic) bond motifs is 1. The first kappa shape index (κ1) is 31.8. The first-order chi connectivity index (χ1) is 22.5. The van der Waals surface area contributed by atoms with Crippen molar-refractivity contribution in [3.05, 3.63) is 50.9 Å². The van der Waals surface area contributed by atoms with Crippen molar-refractivity contribution < 1.29 is 47.9 Å². The second-order valence-electron chi connectivity index (χ2n) is 10.7. The molecule has 248 valence electrons. The summed E-state index contributed by atoms with van der Waals surface area (Å²) in [5.74, 6) is -4.02. The SMILES string of the molecule is Cc1oc(=O)oc1COC(=O)N1CC[C@H](N2CCC(=CC3=C(C(=O)O)N4C(=O)[C@@H](NC(=O)/C(=N\O)c5nsc(N)n5)[C@H]4SC3)C2=O)C1. The Labute approximate surface area is 271 Å². The molecule has 2 aromatic heterocycles. The molecule has 0 spiro atoms. The van der Waals surface area contributed by atoms with Gasteiger partial charge in [0.1, 0.15) is 17.1 Å². The predicted molar refractivity (Wildman–Crippen MR) is 159 cm³/mol. The van der Waals surface area contributed by atoms with Crippen LogP contribution in [0.2, 0.25) is 0 Å². The largest absolute Gasteiger partial charge is 0.519 e. The third kappa shape index (κ3) is 5.93. The molecule has 6 rings (SSSR count). The van der Waals surface area contributed by atoms with Gasteiger partial charge < -0.3 is 44.7 Å². The van der Waals surface area contributed by atoms with Crippen molar-refractivity contribution in [3.8, 4) is 0 Å². The second kappa shape index (κ2) is 12.5. The number of rotatable bonds is 8. The number of nitrogens with two attached hydrogens (primary N) is 1. The lowest BCUT2D eigenvalue weighted by Gasteiger charge is -2.49. The number of nitrogen functional groups attached to an aromatic ring is 1. The van der Waals surface area contributed by atoms with Crippen LogP contribution < -0.4 is 16.9 Å². The Morgan fingerprint density at radius 1 is 1.23 bits per heavy atom. The summed E-state index contributed by atoms with van der Waals surface area (Å²) in [5, 5.41) is 24.0. The number of aromatic nitrogens is 2. The van der Waals surface area contributed by atoms with Gasteiger partial charge in [0.25, 0.3) is 11.8 Å². The van der Waals surface area contributed by atoms with Crippen LogP contribution in [0.4, 0.5) is 9.93 Å². The summed E-state index contributed by atoms with van der Waals surface area (Å²) < 4.78 is 18.6. The Balaban J connectivity index is 1.09. The highest BCUT2D eigenvalue weighted by Gasteiger charge is 2.54. The predicted octanol–water partition coefficient (Wildman–Crippen LogP) is -0.538. The number of carbonyl (C=O) groups is 5. The average Bonchev–Trinajstić information content (AvgIpc) is 3.83. The summed E-state index contributed by atoms with van der Waals surface area (Å²) in [4.78, 5) is 83.2.